The zero-order valence-corrected chi connectivity index (χ0v) is 14.5. The van der Waals surface area contributed by atoms with Crippen LogP contribution in [-0.2, 0) is 20.9 Å². The molecule has 0 saturated carbocycles. The van der Waals surface area contributed by atoms with Crippen LogP contribution in [0, 0.1) is 5.92 Å². The molecule has 2 atom stereocenters. The summed E-state index contributed by atoms with van der Waals surface area (Å²) in [4.78, 5) is 26.8. The quantitative estimate of drug-likeness (QED) is 0.872. The molecule has 0 aliphatic carbocycles. The van der Waals surface area contributed by atoms with E-state index in [-0.39, 0.29) is 31.3 Å². The van der Waals surface area contributed by atoms with E-state index in [1.165, 1.54) is 5.56 Å². The van der Waals surface area contributed by atoms with Gasteiger partial charge in [0.15, 0.2) is 0 Å². The third-order valence-electron chi connectivity index (χ3n) is 4.68. The Kier molecular flexibility index (Phi) is 6.21. The fraction of sp³-hybridized carbons (Fsp3) is 0.529. The molecule has 7 heteroatoms. The monoisotopic (exact) mass is 354 g/mol. The highest BCUT2D eigenvalue weighted by atomic mass is 35.5. The lowest BCUT2D eigenvalue weighted by molar-refractivity contribution is -0.141. The van der Waals surface area contributed by atoms with Crippen molar-refractivity contribution in [1.29, 1.82) is 0 Å². The van der Waals surface area contributed by atoms with Gasteiger partial charge < -0.3 is 14.7 Å². The Bertz CT molecular complexity index is 587. The standard InChI is InChI=1S/C17H22N2O4.ClH/c1-18(15-6-7-23-11-15)9-12-2-4-14(5-3-12)19-10-13(17(21)22)8-16(19)20;/h2-5,13,15H,6-11H2,1H3,(H,21,22);1H/t13-,15?;/m0./s1. The molecule has 0 bridgehead atoms. The molecule has 0 radical (unpaired) electrons. The first-order valence-corrected chi connectivity index (χ1v) is 7.94. The lowest BCUT2D eigenvalue weighted by atomic mass is 10.1. The number of carboxylic acid groups (broad SMARTS) is 1. The molecule has 2 fully saturated rings. The number of anilines is 1. The molecule has 3 rings (SSSR count). The summed E-state index contributed by atoms with van der Waals surface area (Å²) < 4.78 is 5.41. The van der Waals surface area contributed by atoms with Crippen molar-refractivity contribution in [2.45, 2.75) is 25.4 Å². The number of amides is 1. The second kappa shape index (κ2) is 7.96. The van der Waals surface area contributed by atoms with Crippen molar-refractivity contribution < 1.29 is 19.4 Å². The predicted octanol–water partition coefficient (Wildman–Crippen LogP) is 1.77. The molecule has 1 aromatic carbocycles. The van der Waals surface area contributed by atoms with Gasteiger partial charge >= 0.3 is 5.97 Å². The molecule has 1 aromatic rings. The van der Waals surface area contributed by atoms with Gasteiger partial charge in [0.25, 0.3) is 0 Å². The SMILES string of the molecule is CN(Cc1ccc(N2C[C@@H](C(=O)O)CC2=O)cc1)C1CCOC1.Cl. The van der Waals surface area contributed by atoms with Crippen LogP contribution in [0.2, 0.25) is 0 Å². The number of hydrogen-bond acceptors (Lipinski definition) is 4. The molecule has 1 amide bonds. The lowest BCUT2D eigenvalue weighted by Gasteiger charge is -2.23. The lowest BCUT2D eigenvalue weighted by Crippen LogP contribution is -2.31. The van der Waals surface area contributed by atoms with Crippen molar-refractivity contribution in [3.8, 4) is 0 Å². The van der Waals surface area contributed by atoms with Crippen LogP contribution >= 0.6 is 12.4 Å². The number of likely N-dealkylation sites (N-methyl/N-ethyl adjacent to an activating group) is 1. The number of carbonyl (C=O) groups excluding carboxylic acids is 1. The van der Waals surface area contributed by atoms with Gasteiger partial charge in [-0.2, -0.15) is 0 Å². The van der Waals surface area contributed by atoms with Crippen LogP contribution in [0.1, 0.15) is 18.4 Å². The Morgan fingerprint density at radius 2 is 2.08 bits per heavy atom. The molecule has 0 aromatic heterocycles. The molecule has 2 aliphatic heterocycles. The van der Waals surface area contributed by atoms with Gasteiger partial charge in [-0.3, -0.25) is 14.5 Å². The van der Waals surface area contributed by atoms with Gasteiger partial charge in [-0.25, -0.2) is 0 Å². The number of carbonyl (C=O) groups is 2. The summed E-state index contributed by atoms with van der Waals surface area (Å²) >= 11 is 0. The van der Waals surface area contributed by atoms with E-state index in [0.29, 0.717) is 6.04 Å². The maximum absolute atomic E-state index is 12.0. The van der Waals surface area contributed by atoms with E-state index in [0.717, 1.165) is 31.9 Å². The number of nitrogens with zero attached hydrogens (tertiary/aromatic N) is 2. The molecule has 2 saturated heterocycles. The minimum atomic E-state index is -0.905. The number of halogens is 1. The zero-order chi connectivity index (χ0) is 16.4. The minimum Gasteiger partial charge on any atom is -0.481 e. The zero-order valence-electron chi connectivity index (χ0n) is 13.7. The van der Waals surface area contributed by atoms with E-state index in [4.69, 9.17) is 9.84 Å². The summed E-state index contributed by atoms with van der Waals surface area (Å²) in [6.45, 7) is 2.70. The van der Waals surface area contributed by atoms with E-state index >= 15 is 0 Å². The number of hydrogen-bond donors (Lipinski definition) is 1. The van der Waals surface area contributed by atoms with E-state index in [1.54, 1.807) is 4.90 Å². The van der Waals surface area contributed by atoms with Crippen LogP contribution < -0.4 is 4.90 Å². The number of rotatable bonds is 5. The van der Waals surface area contributed by atoms with Crippen LogP contribution in [-0.4, -0.2) is 54.7 Å². The first kappa shape index (κ1) is 18.7. The van der Waals surface area contributed by atoms with Gasteiger partial charge in [0.2, 0.25) is 5.91 Å². The fourth-order valence-corrected chi connectivity index (χ4v) is 3.19. The van der Waals surface area contributed by atoms with Crippen LogP contribution in [0.25, 0.3) is 0 Å². The summed E-state index contributed by atoms with van der Waals surface area (Å²) in [6.07, 6.45) is 1.15. The highest BCUT2D eigenvalue weighted by molar-refractivity contribution is 5.99. The van der Waals surface area contributed by atoms with E-state index < -0.39 is 11.9 Å². The second-order valence-electron chi connectivity index (χ2n) is 6.34. The molecule has 0 spiro atoms. The van der Waals surface area contributed by atoms with Crippen molar-refractivity contribution in [3.63, 3.8) is 0 Å². The van der Waals surface area contributed by atoms with E-state index in [9.17, 15) is 9.59 Å². The Balaban J connectivity index is 0.00000208. The molecule has 1 N–H and O–H groups in total. The number of benzene rings is 1. The molecule has 24 heavy (non-hydrogen) atoms. The normalized spacial score (nSPS) is 23.6. The van der Waals surface area contributed by atoms with Gasteiger partial charge in [0, 0.05) is 37.8 Å². The third-order valence-corrected chi connectivity index (χ3v) is 4.68. The summed E-state index contributed by atoms with van der Waals surface area (Å²) in [5.74, 6) is -1.63. The van der Waals surface area contributed by atoms with Crippen LogP contribution in [0.15, 0.2) is 24.3 Å². The first-order valence-electron chi connectivity index (χ1n) is 7.94. The van der Waals surface area contributed by atoms with Gasteiger partial charge in [-0.05, 0) is 31.2 Å². The molecular formula is C17H23ClN2O4. The molecular weight excluding hydrogens is 332 g/mol. The maximum Gasteiger partial charge on any atom is 0.308 e. The summed E-state index contributed by atoms with van der Waals surface area (Å²) in [7, 11) is 2.09. The maximum atomic E-state index is 12.0. The van der Waals surface area contributed by atoms with Crippen molar-refractivity contribution in [3.05, 3.63) is 29.8 Å². The molecule has 6 nitrogen and oxygen atoms in total. The van der Waals surface area contributed by atoms with Crippen molar-refractivity contribution in [2.24, 2.45) is 5.92 Å². The van der Waals surface area contributed by atoms with Crippen molar-refractivity contribution in [2.75, 3.05) is 31.7 Å². The highest BCUT2D eigenvalue weighted by Crippen LogP contribution is 2.26. The largest absolute Gasteiger partial charge is 0.481 e. The number of aliphatic carboxylic acids is 1. The van der Waals surface area contributed by atoms with Gasteiger partial charge in [-0.1, -0.05) is 12.1 Å². The van der Waals surface area contributed by atoms with Crippen molar-refractivity contribution >= 4 is 30.0 Å². The van der Waals surface area contributed by atoms with Gasteiger partial charge in [0.1, 0.15) is 0 Å². The summed E-state index contributed by atoms with van der Waals surface area (Å²) in [6, 6.07) is 8.27. The van der Waals surface area contributed by atoms with Crippen LogP contribution in [0.5, 0.6) is 0 Å². The van der Waals surface area contributed by atoms with E-state index in [1.807, 2.05) is 24.3 Å². The van der Waals surface area contributed by atoms with Crippen LogP contribution in [0.3, 0.4) is 0 Å². The Morgan fingerprint density at radius 1 is 1.38 bits per heavy atom. The number of carboxylic acids is 1. The first-order chi connectivity index (χ1) is 11.0. The Hall–Kier alpha value is -1.63. The second-order valence-corrected chi connectivity index (χ2v) is 6.34. The topological polar surface area (TPSA) is 70.1 Å². The average Bonchev–Trinajstić information content (AvgIpc) is 3.17. The summed E-state index contributed by atoms with van der Waals surface area (Å²) in [5, 5.41) is 9.05. The molecule has 132 valence electrons. The Labute approximate surface area is 147 Å². The fourth-order valence-electron chi connectivity index (χ4n) is 3.19. The smallest absolute Gasteiger partial charge is 0.308 e. The van der Waals surface area contributed by atoms with Gasteiger partial charge in [-0.15, -0.1) is 12.4 Å². The molecule has 2 heterocycles. The minimum absolute atomic E-state index is 0. The molecule has 1 unspecified atom stereocenters. The third kappa shape index (κ3) is 4.06. The predicted molar refractivity (Wildman–Crippen MR) is 92.5 cm³/mol. The number of ether oxygens (including phenoxy) is 1. The average molecular weight is 355 g/mol. The highest BCUT2D eigenvalue weighted by Gasteiger charge is 2.34. The van der Waals surface area contributed by atoms with Crippen LogP contribution in [0.4, 0.5) is 5.69 Å². The van der Waals surface area contributed by atoms with Crippen molar-refractivity contribution in [1.82, 2.24) is 4.90 Å². The van der Waals surface area contributed by atoms with E-state index in [2.05, 4.69) is 11.9 Å². The van der Waals surface area contributed by atoms with Gasteiger partial charge in [0.05, 0.1) is 12.5 Å². The molecule has 2 aliphatic rings. The Morgan fingerprint density at radius 3 is 2.62 bits per heavy atom. The summed E-state index contributed by atoms with van der Waals surface area (Å²) in [5.41, 5.74) is 1.94.